The van der Waals surface area contributed by atoms with E-state index in [0.717, 1.165) is 69.3 Å². The SMILES string of the molecule is CCCNC(=O)c1cc(CN2CCO[C@@H](CC)C2)ccc1NC(=O)c1csc(N2CC[C@H](OC)C2)n1. The number of benzene rings is 1. The Balaban J connectivity index is 1.48. The van der Waals surface area contributed by atoms with Crippen molar-refractivity contribution in [3.63, 3.8) is 0 Å². The first-order valence-electron chi connectivity index (χ1n) is 12.8. The van der Waals surface area contributed by atoms with Crippen molar-refractivity contribution in [2.75, 3.05) is 56.7 Å². The molecule has 9 nitrogen and oxygen atoms in total. The summed E-state index contributed by atoms with van der Waals surface area (Å²) in [4.78, 5) is 35.1. The van der Waals surface area contributed by atoms with Crippen LogP contribution in [0.3, 0.4) is 0 Å². The molecule has 2 aromatic rings. The van der Waals surface area contributed by atoms with Gasteiger partial charge in [0.05, 0.1) is 30.1 Å². The lowest BCUT2D eigenvalue weighted by molar-refractivity contribution is -0.0324. The fourth-order valence-corrected chi connectivity index (χ4v) is 5.39. The molecule has 10 heteroatoms. The van der Waals surface area contributed by atoms with Crippen molar-refractivity contribution < 1.29 is 19.1 Å². The predicted octanol–water partition coefficient (Wildman–Crippen LogP) is 3.37. The summed E-state index contributed by atoms with van der Waals surface area (Å²) >= 11 is 1.45. The second-order valence-corrected chi connectivity index (χ2v) is 10.2. The molecular formula is C26H37N5O4S. The number of aromatic nitrogens is 1. The Morgan fingerprint density at radius 3 is 2.83 bits per heavy atom. The minimum atomic E-state index is -0.323. The average molecular weight is 516 g/mol. The Morgan fingerprint density at radius 1 is 1.22 bits per heavy atom. The number of morpholine rings is 1. The number of methoxy groups -OCH3 is 1. The lowest BCUT2D eigenvalue weighted by Crippen LogP contribution is -2.41. The molecule has 3 heterocycles. The normalized spacial score (nSPS) is 20.5. The number of anilines is 2. The molecule has 0 bridgehead atoms. The van der Waals surface area contributed by atoms with E-state index in [1.807, 2.05) is 25.1 Å². The lowest BCUT2D eigenvalue weighted by Gasteiger charge is -2.32. The van der Waals surface area contributed by atoms with Crippen molar-refractivity contribution in [2.45, 2.75) is 51.9 Å². The zero-order chi connectivity index (χ0) is 25.5. The molecule has 2 amide bonds. The first-order chi connectivity index (χ1) is 17.5. The van der Waals surface area contributed by atoms with E-state index in [9.17, 15) is 9.59 Å². The third-order valence-corrected chi connectivity index (χ3v) is 7.57. The summed E-state index contributed by atoms with van der Waals surface area (Å²) in [6, 6.07) is 5.69. The zero-order valence-corrected chi connectivity index (χ0v) is 22.2. The van der Waals surface area contributed by atoms with Crippen LogP contribution in [0.15, 0.2) is 23.6 Å². The van der Waals surface area contributed by atoms with Crippen molar-refractivity contribution in [3.8, 4) is 0 Å². The van der Waals surface area contributed by atoms with E-state index in [2.05, 4.69) is 32.3 Å². The molecule has 2 N–H and O–H groups in total. The highest BCUT2D eigenvalue weighted by atomic mass is 32.1. The van der Waals surface area contributed by atoms with Gasteiger partial charge >= 0.3 is 0 Å². The van der Waals surface area contributed by atoms with Crippen molar-refractivity contribution >= 4 is 34.0 Å². The second-order valence-electron chi connectivity index (χ2n) is 9.33. The van der Waals surface area contributed by atoms with Crippen molar-refractivity contribution in [2.24, 2.45) is 0 Å². The van der Waals surface area contributed by atoms with Gasteiger partial charge in [-0.2, -0.15) is 0 Å². The molecule has 2 aliphatic heterocycles. The zero-order valence-electron chi connectivity index (χ0n) is 21.4. The summed E-state index contributed by atoms with van der Waals surface area (Å²) in [5, 5.41) is 8.44. The van der Waals surface area contributed by atoms with E-state index in [1.54, 1.807) is 12.5 Å². The van der Waals surface area contributed by atoms with E-state index in [4.69, 9.17) is 9.47 Å². The van der Waals surface area contributed by atoms with Gasteiger partial charge in [-0.3, -0.25) is 14.5 Å². The van der Waals surface area contributed by atoms with Gasteiger partial charge in [0.2, 0.25) is 0 Å². The van der Waals surface area contributed by atoms with Crippen LogP contribution in [0, 0.1) is 0 Å². The molecule has 0 saturated carbocycles. The minimum absolute atomic E-state index is 0.191. The van der Waals surface area contributed by atoms with Crippen LogP contribution < -0.4 is 15.5 Å². The quantitative estimate of drug-likeness (QED) is 0.501. The van der Waals surface area contributed by atoms with Gasteiger partial charge in [-0.05, 0) is 37.0 Å². The van der Waals surface area contributed by atoms with Gasteiger partial charge in [-0.25, -0.2) is 4.98 Å². The van der Waals surface area contributed by atoms with Gasteiger partial charge in [0.1, 0.15) is 5.69 Å². The van der Waals surface area contributed by atoms with Crippen LogP contribution >= 0.6 is 11.3 Å². The molecule has 2 fully saturated rings. The van der Waals surface area contributed by atoms with Gasteiger partial charge in [-0.15, -0.1) is 11.3 Å². The van der Waals surface area contributed by atoms with Crippen LogP contribution in [-0.4, -0.2) is 80.3 Å². The third-order valence-electron chi connectivity index (χ3n) is 6.67. The molecule has 0 aliphatic carbocycles. The Bertz CT molecular complexity index is 1050. The number of rotatable bonds is 10. The molecule has 2 aliphatic rings. The smallest absolute Gasteiger partial charge is 0.275 e. The molecule has 0 radical (unpaired) electrons. The molecule has 2 atom stereocenters. The maximum Gasteiger partial charge on any atom is 0.275 e. The molecule has 0 spiro atoms. The molecular weight excluding hydrogens is 478 g/mol. The first-order valence-corrected chi connectivity index (χ1v) is 13.7. The summed E-state index contributed by atoms with van der Waals surface area (Å²) in [6.45, 7) is 9.54. The van der Waals surface area contributed by atoms with Gasteiger partial charge < -0.3 is 25.0 Å². The van der Waals surface area contributed by atoms with Crippen LogP contribution in [0.1, 0.15) is 59.5 Å². The molecule has 1 aromatic heterocycles. The Kier molecular flexibility index (Phi) is 9.30. The largest absolute Gasteiger partial charge is 0.380 e. The number of amides is 2. The number of hydrogen-bond donors (Lipinski definition) is 2. The van der Waals surface area contributed by atoms with Gasteiger partial charge in [0.15, 0.2) is 5.13 Å². The van der Waals surface area contributed by atoms with E-state index in [0.29, 0.717) is 23.5 Å². The minimum Gasteiger partial charge on any atom is -0.380 e. The first kappa shape index (κ1) is 26.5. The summed E-state index contributed by atoms with van der Waals surface area (Å²) < 4.78 is 11.2. The van der Waals surface area contributed by atoms with Gasteiger partial charge in [-0.1, -0.05) is 19.9 Å². The fraction of sp³-hybridized carbons (Fsp3) is 0.577. The van der Waals surface area contributed by atoms with Crippen molar-refractivity contribution in [1.29, 1.82) is 0 Å². The number of nitrogens with zero attached hydrogens (tertiary/aromatic N) is 3. The topological polar surface area (TPSA) is 96.0 Å². The summed E-state index contributed by atoms with van der Waals surface area (Å²) in [5.41, 5.74) is 2.33. The fourth-order valence-electron chi connectivity index (χ4n) is 4.54. The Labute approximate surface area is 217 Å². The lowest BCUT2D eigenvalue weighted by atomic mass is 10.1. The second kappa shape index (κ2) is 12.6. The van der Waals surface area contributed by atoms with Crippen LogP contribution in [-0.2, 0) is 16.0 Å². The maximum atomic E-state index is 13.1. The van der Waals surface area contributed by atoms with Crippen LogP contribution in [0.4, 0.5) is 10.8 Å². The van der Waals surface area contributed by atoms with Crippen molar-refractivity contribution in [3.05, 3.63) is 40.4 Å². The molecule has 1 aromatic carbocycles. The Morgan fingerprint density at radius 2 is 2.08 bits per heavy atom. The van der Waals surface area contributed by atoms with E-state index >= 15 is 0 Å². The number of carbonyl (C=O) groups excluding carboxylic acids is 2. The number of thiazole rings is 1. The third kappa shape index (κ3) is 6.61. The van der Waals surface area contributed by atoms with Crippen LogP contribution in [0.2, 0.25) is 0 Å². The van der Waals surface area contributed by atoms with Crippen molar-refractivity contribution in [1.82, 2.24) is 15.2 Å². The van der Waals surface area contributed by atoms with Gasteiger partial charge in [0.25, 0.3) is 11.8 Å². The number of hydrogen-bond acceptors (Lipinski definition) is 8. The molecule has 196 valence electrons. The summed E-state index contributed by atoms with van der Waals surface area (Å²) in [7, 11) is 1.72. The van der Waals surface area contributed by atoms with E-state index in [-0.39, 0.29) is 24.0 Å². The molecule has 0 unspecified atom stereocenters. The highest BCUT2D eigenvalue weighted by molar-refractivity contribution is 7.14. The van der Waals surface area contributed by atoms with Gasteiger partial charge in [0, 0.05) is 51.8 Å². The predicted molar refractivity (Wildman–Crippen MR) is 142 cm³/mol. The van der Waals surface area contributed by atoms with Crippen LogP contribution in [0.25, 0.3) is 0 Å². The number of carbonyl (C=O) groups is 2. The number of ether oxygens (including phenoxy) is 2. The molecule has 36 heavy (non-hydrogen) atoms. The van der Waals surface area contributed by atoms with Crippen LogP contribution in [0.5, 0.6) is 0 Å². The number of nitrogens with one attached hydrogen (secondary N) is 2. The van der Waals surface area contributed by atoms with E-state index < -0.39 is 0 Å². The summed E-state index contributed by atoms with van der Waals surface area (Å²) in [5.74, 6) is -0.514. The van der Waals surface area contributed by atoms with E-state index in [1.165, 1.54) is 11.3 Å². The monoisotopic (exact) mass is 515 g/mol. The highest BCUT2D eigenvalue weighted by Gasteiger charge is 2.26. The molecule has 2 saturated heterocycles. The summed E-state index contributed by atoms with van der Waals surface area (Å²) in [6.07, 6.45) is 3.20. The Hall–Kier alpha value is -2.53. The standard InChI is InChI=1S/C26H37N5O4S/c1-4-9-27-24(32)21-13-18(14-30-11-12-35-19(5-2)15-30)6-7-22(21)28-25(33)23-17-36-26(29-23)31-10-8-20(16-31)34-3/h6-7,13,17,19-20H,4-5,8-12,14-16H2,1-3H3,(H,27,32)(H,28,33)/t19-,20-/m0/s1. The molecule has 4 rings (SSSR count). The highest BCUT2D eigenvalue weighted by Crippen LogP contribution is 2.27. The average Bonchev–Trinajstić information content (AvgIpc) is 3.58. The maximum absolute atomic E-state index is 13.1.